The number of hydrogen-bond acceptors (Lipinski definition) is 3. The molecule has 2 aromatic rings. The van der Waals surface area contributed by atoms with Gasteiger partial charge in [0.1, 0.15) is 5.75 Å². The first-order chi connectivity index (χ1) is 12.3. The lowest BCUT2D eigenvalue weighted by atomic mass is 10.00. The van der Waals surface area contributed by atoms with Gasteiger partial charge in [0.05, 0.1) is 23.4 Å². The minimum absolute atomic E-state index is 0.134. The average molecular weight is 385 g/mol. The minimum Gasteiger partial charge on any atom is -0.496 e. The highest BCUT2D eigenvalue weighted by molar-refractivity contribution is 6.34. The van der Waals surface area contributed by atoms with Crippen LogP contribution in [0.25, 0.3) is 0 Å². The van der Waals surface area contributed by atoms with Gasteiger partial charge in [0, 0.05) is 12.1 Å². The summed E-state index contributed by atoms with van der Waals surface area (Å²) in [6, 6.07) is 6.70. The van der Waals surface area contributed by atoms with Crippen molar-refractivity contribution in [2.75, 3.05) is 19.0 Å². The summed E-state index contributed by atoms with van der Waals surface area (Å²) in [6.07, 6.45) is -3.80. The fraction of sp³-hybridized carbons (Fsp3) is 0.278. The summed E-state index contributed by atoms with van der Waals surface area (Å²) >= 11 is 6.36. The van der Waals surface area contributed by atoms with E-state index in [-0.39, 0.29) is 11.3 Å². The fourth-order valence-corrected chi connectivity index (χ4v) is 3.18. The van der Waals surface area contributed by atoms with Crippen molar-refractivity contribution in [3.63, 3.8) is 0 Å². The zero-order valence-corrected chi connectivity index (χ0v) is 14.6. The van der Waals surface area contributed by atoms with Crippen molar-refractivity contribution in [2.24, 2.45) is 0 Å². The first-order valence-corrected chi connectivity index (χ1v) is 8.26. The zero-order chi connectivity index (χ0) is 18.9. The molecule has 1 amide bonds. The van der Waals surface area contributed by atoms with Crippen LogP contribution in [0.1, 0.15) is 27.0 Å². The van der Waals surface area contributed by atoms with Crippen LogP contribution in [0.4, 0.5) is 18.9 Å². The van der Waals surface area contributed by atoms with Gasteiger partial charge in [0.25, 0.3) is 5.91 Å². The number of fused-ring (bicyclic) bond motifs is 1. The standard InChI is InChI=1S/C18H16ClF3N2O2/c1-26-15-5-3-11(8-13(15)18(20,21)22)17(25)24-14-4-2-10-6-7-23-9-12(10)16(14)19/h2-5,8,23H,6-7,9H2,1H3,(H,24,25). The smallest absolute Gasteiger partial charge is 0.419 e. The summed E-state index contributed by atoms with van der Waals surface area (Å²) in [4.78, 5) is 12.4. The summed E-state index contributed by atoms with van der Waals surface area (Å²) < 4.78 is 44.1. The molecule has 0 saturated heterocycles. The third kappa shape index (κ3) is 3.64. The van der Waals surface area contributed by atoms with E-state index >= 15 is 0 Å². The van der Waals surface area contributed by atoms with Gasteiger partial charge in [-0.1, -0.05) is 17.7 Å². The summed E-state index contributed by atoms with van der Waals surface area (Å²) in [6.45, 7) is 1.43. The molecular weight excluding hydrogens is 369 g/mol. The van der Waals surface area contributed by atoms with Gasteiger partial charge in [0.15, 0.2) is 0 Å². The van der Waals surface area contributed by atoms with Gasteiger partial charge in [-0.3, -0.25) is 4.79 Å². The van der Waals surface area contributed by atoms with E-state index < -0.39 is 17.6 Å². The van der Waals surface area contributed by atoms with E-state index in [2.05, 4.69) is 10.6 Å². The number of carbonyl (C=O) groups is 1. The molecule has 2 aromatic carbocycles. The van der Waals surface area contributed by atoms with Gasteiger partial charge in [0.2, 0.25) is 0 Å². The highest BCUT2D eigenvalue weighted by Crippen LogP contribution is 2.37. The average Bonchev–Trinajstić information content (AvgIpc) is 2.63. The first kappa shape index (κ1) is 18.5. The van der Waals surface area contributed by atoms with Gasteiger partial charge in [-0.2, -0.15) is 13.2 Å². The predicted molar refractivity (Wildman–Crippen MR) is 92.8 cm³/mol. The molecule has 0 atom stereocenters. The van der Waals surface area contributed by atoms with Crippen LogP contribution in [0, 0.1) is 0 Å². The van der Waals surface area contributed by atoms with Gasteiger partial charge in [-0.05, 0) is 48.4 Å². The Morgan fingerprint density at radius 3 is 2.73 bits per heavy atom. The van der Waals surface area contributed by atoms with Crippen LogP contribution in [-0.4, -0.2) is 19.6 Å². The molecule has 0 aromatic heterocycles. The Morgan fingerprint density at radius 1 is 1.27 bits per heavy atom. The van der Waals surface area contributed by atoms with Crippen molar-refractivity contribution in [3.05, 3.63) is 57.6 Å². The number of benzene rings is 2. The van der Waals surface area contributed by atoms with E-state index in [4.69, 9.17) is 16.3 Å². The van der Waals surface area contributed by atoms with Crippen LogP contribution in [0.15, 0.2) is 30.3 Å². The second kappa shape index (κ2) is 7.17. The molecular formula is C18H16ClF3N2O2. The number of hydrogen-bond donors (Lipinski definition) is 2. The quantitative estimate of drug-likeness (QED) is 0.831. The molecule has 0 spiro atoms. The molecule has 2 N–H and O–H groups in total. The monoisotopic (exact) mass is 384 g/mol. The van der Waals surface area contributed by atoms with Crippen LogP contribution in [-0.2, 0) is 19.1 Å². The number of ether oxygens (including phenoxy) is 1. The third-order valence-corrected chi connectivity index (χ3v) is 4.66. The number of anilines is 1. The Hall–Kier alpha value is -2.25. The summed E-state index contributed by atoms with van der Waals surface area (Å²) in [5, 5.41) is 6.18. The molecule has 1 heterocycles. The van der Waals surface area contributed by atoms with Crippen LogP contribution in [0.3, 0.4) is 0 Å². The van der Waals surface area contributed by atoms with E-state index in [1.807, 2.05) is 6.07 Å². The highest BCUT2D eigenvalue weighted by atomic mass is 35.5. The van der Waals surface area contributed by atoms with Crippen LogP contribution in [0.5, 0.6) is 5.75 Å². The fourth-order valence-electron chi connectivity index (χ4n) is 2.88. The van der Waals surface area contributed by atoms with Crippen molar-refractivity contribution < 1.29 is 22.7 Å². The second-order valence-corrected chi connectivity index (χ2v) is 6.24. The topological polar surface area (TPSA) is 50.4 Å². The largest absolute Gasteiger partial charge is 0.496 e. The molecule has 1 aliphatic rings. The molecule has 3 rings (SSSR count). The molecule has 26 heavy (non-hydrogen) atoms. The van der Waals surface area contributed by atoms with E-state index in [1.54, 1.807) is 6.07 Å². The predicted octanol–water partition coefficient (Wildman–Crippen LogP) is 4.27. The van der Waals surface area contributed by atoms with E-state index in [0.717, 1.165) is 43.3 Å². The third-order valence-electron chi connectivity index (χ3n) is 4.23. The molecule has 0 radical (unpaired) electrons. The van der Waals surface area contributed by atoms with Crippen molar-refractivity contribution in [3.8, 4) is 5.75 Å². The van der Waals surface area contributed by atoms with Crippen molar-refractivity contribution in [1.82, 2.24) is 5.32 Å². The van der Waals surface area contributed by atoms with Crippen LogP contribution < -0.4 is 15.4 Å². The number of nitrogens with one attached hydrogen (secondary N) is 2. The number of amides is 1. The van der Waals surface area contributed by atoms with Gasteiger partial charge in [-0.25, -0.2) is 0 Å². The van der Waals surface area contributed by atoms with Crippen molar-refractivity contribution in [2.45, 2.75) is 19.1 Å². The molecule has 0 unspecified atom stereocenters. The Bertz CT molecular complexity index is 853. The molecule has 0 saturated carbocycles. The molecule has 138 valence electrons. The lowest BCUT2D eigenvalue weighted by Gasteiger charge is -2.20. The number of rotatable bonds is 3. The first-order valence-electron chi connectivity index (χ1n) is 7.89. The maximum atomic E-state index is 13.1. The summed E-state index contributed by atoms with van der Waals surface area (Å²) in [5.74, 6) is -1.02. The Kier molecular flexibility index (Phi) is 5.11. The Morgan fingerprint density at radius 2 is 2.04 bits per heavy atom. The molecule has 8 heteroatoms. The highest BCUT2D eigenvalue weighted by Gasteiger charge is 2.35. The SMILES string of the molecule is COc1ccc(C(=O)Nc2ccc3c(c2Cl)CNCC3)cc1C(F)(F)F. The van der Waals surface area contributed by atoms with E-state index in [9.17, 15) is 18.0 Å². The van der Waals surface area contributed by atoms with E-state index in [1.165, 1.54) is 6.07 Å². The number of alkyl halides is 3. The molecule has 0 bridgehead atoms. The van der Waals surface area contributed by atoms with Crippen molar-refractivity contribution in [1.29, 1.82) is 0 Å². The van der Waals surface area contributed by atoms with E-state index in [0.29, 0.717) is 17.3 Å². The second-order valence-electron chi connectivity index (χ2n) is 5.86. The molecule has 0 fully saturated rings. The number of halogens is 4. The van der Waals surface area contributed by atoms with Gasteiger partial charge < -0.3 is 15.4 Å². The van der Waals surface area contributed by atoms with Crippen LogP contribution >= 0.6 is 11.6 Å². The Labute approximate surface area is 153 Å². The maximum Gasteiger partial charge on any atom is 0.419 e. The normalized spacial score (nSPS) is 13.9. The number of carbonyl (C=O) groups excluding carboxylic acids is 1. The minimum atomic E-state index is -4.63. The van der Waals surface area contributed by atoms with Crippen LogP contribution in [0.2, 0.25) is 5.02 Å². The van der Waals surface area contributed by atoms with Crippen molar-refractivity contribution >= 4 is 23.2 Å². The molecule has 0 aliphatic carbocycles. The lowest BCUT2D eigenvalue weighted by Crippen LogP contribution is -2.24. The summed E-state index contributed by atoms with van der Waals surface area (Å²) in [7, 11) is 1.14. The molecule has 1 aliphatic heterocycles. The van der Waals surface area contributed by atoms with Gasteiger partial charge >= 0.3 is 6.18 Å². The Balaban J connectivity index is 1.89. The number of methoxy groups -OCH3 is 1. The maximum absolute atomic E-state index is 13.1. The summed E-state index contributed by atoms with van der Waals surface area (Å²) in [5.41, 5.74) is 1.21. The molecule has 4 nitrogen and oxygen atoms in total. The van der Waals surface area contributed by atoms with Gasteiger partial charge in [-0.15, -0.1) is 0 Å². The zero-order valence-electron chi connectivity index (χ0n) is 13.8. The lowest BCUT2D eigenvalue weighted by molar-refractivity contribution is -0.138.